The van der Waals surface area contributed by atoms with E-state index in [1.807, 2.05) is 34.8 Å². The van der Waals surface area contributed by atoms with Crippen LogP contribution in [0.5, 0.6) is 0 Å². The Hall–Kier alpha value is -1.37. The summed E-state index contributed by atoms with van der Waals surface area (Å²) in [6.45, 7) is 4.79. The molecular weight excluding hydrogens is 282 g/mol. The van der Waals surface area contributed by atoms with Crippen molar-refractivity contribution in [2.24, 2.45) is 7.05 Å². The van der Waals surface area contributed by atoms with Gasteiger partial charge in [0.15, 0.2) is 0 Å². The summed E-state index contributed by atoms with van der Waals surface area (Å²) in [5.41, 5.74) is 0.763. The van der Waals surface area contributed by atoms with E-state index in [9.17, 15) is 4.79 Å². The number of aryl methyl sites for hydroxylation is 1. The van der Waals surface area contributed by atoms with Crippen LogP contribution in [0.1, 0.15) is 16.9 Å². The van der Waals surface area contributed by atoms with Gasteiger partial charge in [0, 0.05) is 52.6 Å². The molecule has 0 spiro atoms. The smallest absolute Gasteiger partial charge is 0.270 e. The van der Waals surface area contributed by atoms with Gasteiger partial charge in [0.25, 0.3) is 5.91 Å². The minimum Gasteiger partial charge on any atom is -0.382 e. The predicted octanol–water partition coefficient (Wildman–Crippen LogP) is 0.587. The summed E-state index contributed by atoms with van der Waals surface area (Å²) in [6, 6.07) is 4.23. The summed E-state index contributed by atoms with van der Waals surface area (Å²) in [5.74, 6) is 0.135. The summed E-state index contributed by atoms with van der Waals surface area (Å²) in [5, 5.41) is 0. The van der Waals surface area contributed by atoms with Crippen molar-refractivity contribution in [3.63, 3.8) is 0 Å². The van der Waals surface area contributed by atoms with Crippen LogP contribution in [0.2, 0.25) is 0 Å². The van der Waals surface area contributed by atoms with E-state index in [-0.39, 0.29) is 12.0 Å². The maximum atomic E-state index is 12.6. The molecule has 3 rings (SSSR count). The molecule has 0 N–H and O–H groups in total. The zero-order valence-corrected chi connectivity index (χ0v) is 13.4. The molecule has 0 unspecified atom stereocenters. The fraction of sp³-hybridized carbons (Fsp3) is 0.688. The quantitative estimate of drug-likeness (QED) is 0.747. The van der Waals surface area contributed by atoms with Gasteiger partial charge in [0.05, 0.1) is 19.3 Å². The van der Waals surface area contributed by atoms with Gasteiger partial charge in [-0.1, -0.05) is 0 Å². The van der Waals surface area contributed by atoms with Gasteiger partial charge >= 0.3 is 0 Å². The SMILES string of the molecule is COCCO[C@@H]1C[C@H]2CN(C(=O)c3cccn3C)CCN2C1. The number of nitrogens with zero attached hydrogens (tertiary/aromatic N) is 3. The molecule has 122 valence electrons. The number of rotatable bonds is 5. The van der Waals surface area contributed by atoms with Gasteiger partial charge in [-0.25, -0.2) is 0 Å². The molecule has 2 atom stereocenters. The molecule has 2 aliphatic rings. The number of piperazine rings is 1. The Balaban J connectivity index is 1.55. The van der Waals surface area contributed by atoms with Crippen LogP contribution in [0.15, 0.2) is 18.3 Å². The van der Waals surface area contributed by atoms with Crippen LogP contribution in [0.3, 0.4) is 0 Å². The van der Waals surface area contributed by atoms with E-state index in [1.54, 1.807) is 7.11 Å². The number of amides is 1. The fourth-order valence-electron chi connectivity index (χ4n) is 3.45. The van der Waals surface area contributed by atoms with Crippen LogP contribution >= 0.6 is 0 Å². The number of aromatic nitrogens is 1. The third kappa shape index (κ3) is 3.19. The van der Waals surface area contributed by atoms with Crippen LogP contribution in [-0.4, -0.2) is 78.9 Å². The van der Waals surface area contributed by atoms with Crippen molar-refractivity contribution >= 4 is 5.91 Å². The molecule has 6 nitrogen and oxygen atoms in total. The zero-order chi connectivity index (χ0) is 15.5. The minimum absolute atomic E-state index is 0.135. The first-order valence-electron chi connectivity index (χ1n) is 7.94. The van der Waals surface area contributed by atoms with Crippen molar-refractivity contribution in [3.8, 4) is 0 Å². The first kappa shape index (κ1) is 15.5. The van der Waals surface area contributed by atoms with E-state index in [2.05, 4.69) is 4.90 Å². The van der Waals surface area contributed by atoms with Crippen molar-refractivity contribution in [3.05, 3.63) is 24.0 Å². The second-order valence-corrected chi connectivity index (χ2v) is 6.13. The molecule has 0 radical (unpaired) electrons. The normalized spacial score (nSPS) is 25.5. The molecule has 2 aliphatic heterocycles. The van der Waals surface area contributed by atoms with Crippen LogP contribution in [0.4, 0.5) is 0 Å². The van der Waals surface area contributed by atoms with Crippen LogP contribution in [0, 0.1) is 0 Å². The Morgan fingerprint density at radius 1 is 1.32 bits per heavy atom. The number of methoxy groups -OCH3 is 1. The Labute approximate surface area is 131 Å². The van der Waals surface area contributed by atoms with Crippen molar-refractivity contribution in [1.29, 1.82) is 0 Å². The summed E-state index contributed by atoms with van der Waals surface area (Å²) < 4.78 is 12.8. The third-order valence-electron chi connectivity index (χ3n) is 4.67. The van der Waals surface area contributed by atoms with E-state index in [1.165, 1.54) is 0 Å². The lowest BCUT2D eigenvalue weighted by molar-refractivity contribution is 0.0220. The topological polar surface area (TPSA) is 46.9 Å². The van der Waals surface area contributed by atoms with E-state index >= 15 is 0 Å². The van der Waals surface area contributed by atoms with Gasteiger partial charge in [0.2, 0.25) is 0 Å². The standard InChI is InChI=1S/C16H25N3O3/c1-17-5-3-4-15(17)16(20)19-7-6-18-12-14(10-13(18)11-19)22-9-8-21-2/h3-5,13-14H,6-12H2,1-2H3/t13-,14+/m0/s1. The van der Waals surface area contributed by atoms with Gasteiger partial charge < -0.3 is 18.9 Å². The molecule has 0 bridgehead atoms. The number of fused-ring (bicyclic) bond motifs is 1. The van der Waals surface area contributed by atoms with Crippen molar-refractivity contribution < 1.29 is 14.3 Å². The molecule has 22 heavy (non-hydrogen) atoms. The summed E-state index contributed by atoms with van der Waals surface area (Å²) in [6.07, 6.45) is 3.18. The minimum atomic E-state index is 0.135. The third-order valence-corrected chi connectivity index (χ3v) is 4.67. The molecule has 0 saturated carbocycles. The highest BCUT2D eigenvalue weighted by atomic mass is 16.5. The van der Waals surface area contributed by atoms with Gasteiger partial charge in [-0.2, -0.15) is 0 Å². The maximum Gasteiger partial charge on any atom is 0.270 e. The van der Waals surface area contributed by atoms with Crippen LogP contribution in [-0.2, 0) is 16.5 Å². The number of ether oxygens (including phenoxy) is 2. The highest BCUT2D eigenvalue weighted by molar-refractivity contribution is 5.92. The molecule has 3 heterocycles. The predicted molar refractivity (Wildman–Crippen MR) is 82.9 cm³/mol. The number of hydrogen-bond acceptors (Lipinski definition) is 4. The second-order valence-electron chi connectivity index (χ2n) is 6.13. The highest BCUT2D eigenvalue weighted by Crippen LogP contribution is 2.25. The summed E-state index contributed by atoms with van der Waals surface area (Å²) in [7, 11) is 3.60. The number of carbonyl (C=O) groups excluding carboxylic acids is 1. The molecule has 0 aromatic carbocycles. The van der Waals surface area contributed by atoms with Gasteiger partial charge in [-0.3, -0.25) is 9.69 Å². The van der Waals surface area contributed by atoms with Gasteiger partial charge in [0.1, 0.15) is 5.69 Å². The summed E-state index contributed by atoms with van der Waals surface area (Å²) in [4.78, 5) is 17.0. The number of carbonyl (C=O) groups is 1. The maximum absolute atomic E-state index is 12.6. The molecule has 2 fully saturated rings. The first-order chi connectivity index (χ1) is 10.7. The second kappa shape index (κ2) is 6.81. The van der Waals surface area contributed by atoms with Crippen LogP contribution < -0.4 is 0 Å². The molecule has 1 aromatic rings. The molecule has 1 aromatic heterocycles. The molecule has 6 heteroatoms. The molecular formula is C16H25N3O3. The van der Waals surface area contributed by atoms with Gasteiger partial charge in [-0.15, -0.1) is 0 Å². The number of hydrogen-bond donors (Lipinski definition) is 0. The molecule has 1 amide bonds. The Kier molecular flexibility index (Phi) is 4.81. The molecule has 2 saturated heterocycles. The van der Waals surface area contributed by atoms with E-state index in [0.29, 0.717) is 19.3 Å². The van der Waals surface area contributed by atoms with E-state index in [4.69, 9.17) is 9.47 Å². The Bertz CT molecular complexity index is 516. The average molecular weight is 307 g/mol. The molecule has 0 aliphatic carbocycles. The van der Waals surface area contributed by atoms with Crippen molar-refractivity contribution in [2.75, 3.05) is 46.5 Å². The van der Waals surface area contributed by atoms with Gasteiger partial charge in [-0.05, 0) is 18.6 Å². The van der Waals surface area contributed by atoms with E-state index < -0.39 is 0 Å². The zero-order valence-electron chi connectivity index (χ0n) is 13.4. The lowest BCUT2D eigenvalue weighted by atomic mass is 10.1. The van der Waals surface area contributed by atoms with Crippen molar-refractivity contribution in [1.82, 2.24) is 14.4 Å². The lowest BCUT2D eigenvalue weighted by Crippen LogP contribution is -2.52. The Morgan fingerprint density at radius 3 is 2.91 bits per heavy atom. The highest BCUT2D eigenvalue weighted by Gasteiger charge is 2.38. The van der Waals surface area contributed by atoms with Crippen LogP contribution in [0.25, 0.3) is 0 Å². The lowest BCUT2D eigenvalue weighted by Gasteiger charge is -2.37. The average Bonchev–Trinajstić information content (AvgIpc) is 3.11. The van der Waals surface area contributed by atoms with E-state index in [0.717, 1.165) is 38.3 Å². The fourth-order valence-corrected chi connectivity index (χ4v) is 3.45. The monoisotopic (exact) mass is 307 g/mol. The van der Waals surface area contributed by atoms with Crippen molar-refractivity contribution in [2.45, 2.75) is 18.6 Å². The Morgan fingerprint density at radius 2 is 2.18 bits per heavy atom. The first-order valence-corrected chi connectivity index (χ1v) is 7.94. The summed E-state index contributed by atoms with van der Waals surface area (Å²) >= 11 is 0. The largest absolute Gasteiger partial charge is 0.382 e.